The molecule has 146 valence electrons. The first-order valence-corrected chi connectivity index (χ1v) is 9.70. The SMILES string of the molecule is Cc1ccc(-c2noc([C@H](C)N3CCN(Cc4ccccc4F)CC3)n2)cc1. The number of benzene rings is 2. The summed E-state index contributed by atoms with van der Waals surface area (Å²) in [6.07, 6.45) is 0. The summed E-state index contributed by atoms with van der Waals surface area (Å²) in [5, 5.41) is 4.15. The average Bonchev–Trinajstić information content (AvgIpc) is 3.20. The maximum absolute atomic E-state index is 13.9. The molecule has 0 saturated carbocycles. The Hall–Kier alpha value is -2.57. The van der Waals surface area contributed by atoms with E-state index in [1.54, 1.807) is 6.07 Å². The number of nitrogens with zero attached hydrogens (tertiary/aromatic N) is 4. The molecule has 6 heteroatoms. The Balaban J connectivity index is 1.36. The van der Waals surface area contributed by atoms with E-state index in [0.717, 1.165) is 37.3 Å². The van der Waals surface area contributed by atoms with E-state index in [4.69, 9.17) is 4.52 Å². The molecule has 4 rings (SSSR count). The fourth-order valence-electron chi connectivity index (χ4n) is 3.56. The number of aryl methyl sites for hydroxylation is 1. The van der Waals surface area contributed by atoms with Crippen LogP contribution >= 0.6 is 0 Å². The quantitative estimate of drug-likeness (QED) is 0.668. The first kappa shape index (κ1) is 18.8. The summed E-state index contributed by atoms with van der Waals surface area (Å²) in [6, 6.07) is 15.2. The summed E-state index contributed by atoms with van der Waals surface area (Å²) < 4.78 is 19.4. The van der Waals surface area contributed by atoms with Crippen LogP contribution in [0.15, 0.2) is 53.1 Å². The summed E-state index contributed by atoms with van der Waals surface area (Å²) in [5.74, 6) is 1.13. The lowest BCUT2D eigenvalue weighted by atomic mass is 10.1. The van der Waals surface area contributed by atoms with E-state index in [1.165, 1.54) is 11.6 Å². The molecule has 2 aromatic carbocycles. The standard InChI is InChI=1S/C22H25FN4O/c1-16-7-9-18(10-8-16)21-24-22(28-25-21)17(2)27-13-11-26(12-14-27)15-19-5-3-4-6-20(19)23/h3-10,17H,11-15H2,1-2H3/t17-/m0/s1. The molecule has 1 saturated heterocycles. The van der Waals surface area contributed by atoms with Gasteiger partial charge in [0.1, 0.15) is 5.82 Å². The minimum atomic E-state index is -0.132. The summed E-state index contributed by atoms with van der Waals surface area (Å²) in [6.45, 7) is 8.34. The average molecular weight is 380 g/mol. The van der Waals surface area contributed by atoms with Gasteiger partial charge in [-0.3, -0.25) is 9.80 Å². The smallest absolute Gasteiger partial charge is 0.244 e. The zero-order chi connectivity index (χ0) is 19.5. The summed E-state index contributed by atoms with van der Waals surface area (Å²) in [4.78, 5) is 9.22. The van der Waals surface area contributed by atoms with E-state index in [0.29, 0.717) is 18.3 Å². The molecule has 0 aliphatic carbocycles. The van der Waals surface area contributed by atoms with Gasteiger partial charge in [-0.05, 0) is 19.9 Å². The number of hydrogen-bond donors (Lipinski definition) is 0. The van der Waals surface area contributed by atoms with Crippen molar-refractivity contribution in [3.8, 4) is 11.4 Å². The molecule has 1 fully saturated rings. The fourth-order valence-corrected chi connectivity index (χ4v) is 3.56. The van der Waals surface area contributed by atoms with Gasteiger partial charge in [0.05, 0.1) is 6.04 Å². The minimum Gasteiger partial charge on any atom is -0.337 e. The van der Waals surface area contributed by atoms with Gasteiger partial charge in [0, 0.05) is 43.9 Å². The third-order valence-electron chi connectivity index (χ3n) is 5.42. The van der Waals surface area contributed by atoms with Crippen LogP contribution in [0.5, 0.6) is 0 Å². The topological polar surface area (TPSA) is 45.4 Å². The number of aromatic nitrogens is 2. The zero-order valence-corrected chi connectivity index (χ0v) is 16.3. The van der Waals surface area contributed by atoms with E-state index in [-0.39, 0.29) is 11.9 Å². The van der Waals surface area contributed by atoms with Crippen molar-refractivity contribution in [2.75, 3.05) is 26.2 Å². The molecule has 0 unspecified atom stereocenters. The second-order valence-corrected chi connectivity index (χ2v) is 7.40. The molecule has 0 radical (unpaired) electrons. The Morgan fingerprint density at radius 1 is 1.04 bits per heavy atom. The number of halogens is 1. The maximum atomic E-state index is 13.9. The largest absolute Gasteiger partial charge is 0.337 e. The second-order valence-electron chi connectivity index (χ2n) is 7.40. The van der Waals surface area contributed by atoms with Crippen molar-refractivity contribution in [3.63, 3.8) is 0 Å². The predicted octanol–water partition coefficient (Wildman–Crippen LogP) is 4.06. The molecular formula is C22H25FN4O. The van der Waals surface area contributed by atoms with Gasteiger partial charge in [0.2, 0.25) is 11.7 Å². The molecule has 1 aliphatic heterocycles. The van der Waals surface area contributed by atoms with Crippen molar-refractivity contribution in [2.24, 2.45) is 0 Å². The van der Waals surface area contributed by atoms with E-state index in [1.807, 2.05) is 36.4 Å². The van der Waals surface area contributed by atoms with E-state index in [9.17, 15) is 4.39 Å². The van der Waals surface area contributed by atoms with Crippen LogP contribution in [0.3, 0.4) is 0 Å². The number of rotatable bonds is 5. The van der Waals surface area contributed by atoms with Gasteiger partial charge >= 0.3 is 0 Å². The van der Waals surface area contributed by atoms with Gasteiger partial charge in [-0.1, -0.05) is 53.2 Å². The van der Waals surface area contributed by atoms with E-state index >= 15 is 0 Å². The van der Waals surface area contributed by atoms with Gasteiger partial charge in [-0.15, -0.1) is 0 Å². The van der Waals surface area contributed by atoms with Crippen molar-refractivity contribution < 1.29 is 8.91 Å². The highest BCUT2D eigenvalue weighted by Crippen LogP contribution is 2.24. The summed E-state index contributed by atoms with van der Waals surface area (Å²) >= 11 is 0. The van der Waals surface area contributed by atoms with Crippen LogP contribution in [-0.2, 0) is 6.54 Å². The monoisotopic (exact) mass is 380 g/mol. The highest BCUT2D eigenvalue weighted by atomic mass is 19.1. The van der Waals surface area contributed by atoms with Crippen molar-refractivity contribution in [2.45, 2.75) is 26.4 Å². The van der Waals surface area contributed by atoms with Crippen molar-refractivity contribution in [1.82, 2.24) is 19.9 Å². The first-order valence-electron chi connectivity index (χ1n) is 9.70. The lowest BCUT2D eigenvalue weighted by molar-refractivity contribution is 0.0839. The maximum Gasteiger partial charge on any atom is 0.244 e. The van der Waals surface area contributed by atoms with Crippen LogP contribution in [0, 0.1) is 12.7 Å². The molecule has 0 N–H and O–H groups in total. The number of piperazine rings is 1. The summed E-state index contributed by atoms with van der Waals surface area (Å²) in [7, 11) is 0. The Bertz CT molecular complexity index is 916. The molecule has 2 heterocycles. The third kappa shape index (κ3) is 4.13. The minimum absolute atomic E-state index is 0.0577. The highest BCUT2D eigenvalue weighted by Gasteiger charge is 2.26. The van der Waals surface area contributed by atoms with Crippen LogP contribution in [-0.4, -0.2) is 46.1 Å². The Kier molecular flexibility index (Phi) is 5.50. The van der Waals surface area contributed by atoms with Crippen LogP contribution in [0.2, 0.25) is 0 Å². The molecule has 28 heavy (non-hydrogen) atoms. The van der Waals surface area contributed by atoms with Crippen LogP contribution < -0.4 is 0 Å². The lowest BCUT2D eigenvalue weighted by Crippen LogP contribution is -2.46. The van der Waals surface area contributed by atoms with E-state index in [2.05, 4.69) is 33.8 Å². The molecule has 1 aliphatic rings. The Morgan fingerprint density at radius 3 is 2.46 bits per heavy atom. The van der Waals surface area contributed by atoms with Gasteiger partial charge in [-0.2, -0.15) is 4.98 Å². The van der Waals surface area contributed by atoms with Gasteiger partial charge in [-0.25, -0.2) is 4.39 Å². The molecule has 5 nitrogen and oxygen atoms in total. The molecule has 0 bridgehead atoms. The molecule has 0 amide bonds. The van der Waals surface area contributed by atoms with Gasteiger partial charge in [0.15, 0.2) is 0 Å². The summed E-state index contributed by atoms with van der Waals surface area (Å²) in [5.41, 5.74) is 2.92. The fraction of sp³-hybridized carbons (Fsp3) is 0.364. The Labute approximate surface area is 164 Å². The van der Waals surface area contributed by atoms with Crippen LogP contribution in [0.4, 0.5) is 4.39 Å². The molecular weight excluding hydrogens is 355 g/mol. The van der Waals surface area contributed by atoms with Crippen LogP contribution in [0.1, 0.15) is 30.0 Å². The predicted molar refractivity (Wildman–Crippen MR) is 106 cm³/mol. The first-order chi connectivity index (χ1) is 13.6. The van der Waals surface area contributed by atoms with Crippen LogP contribution in [0.25, 0.3) is 11.4 Å². The zero-order valence-electron chi connectivity index (χ0n) is 16.3. The van der Waals surface area contributed by atoms with Crippen molar-refractivity contribution in [1.29, 1.82) is 0 Å². The highest BCUT2D eigenvalue weighted by molar-refractivity contribution is 5.54. The van der Waals surface area contributed by atoms with E-state index < -0.39 is 0 Å². The van der Waals surface area contributed by atoms with Crippen molar-refractivity contribution in [3.05, 3.63) is 71.4 Å². The molecule has 3 aromatic rings. The molecule has 0 spiro atoms. The molecule has 1 aromatic heterocycles. The lowest BCUT2D eigenvalue weighted by Gasteiger charge is -2.36. The van der Waals surface area contributed by atoms with Crippen molar-refractivity contribution >= 4 is 0 Å². The second kappa shape index (κ2) is 8.20. The molecule has 1 atom stereocenters. The normalized spacial score (nSPS) is 17.0. The number of hydrogen-bond acceptors (Lipinski definition) is 5. The van der Waals surface area contributed by atoms with Gasteiger partial charge in [0.25, 0.3) is 0 Å². The van der Waals surface area contributed by atoms with Gasteiger partial charge < -0.3 is 4.52 Å². The Morgan fingerprint density at radius 2 is 1.75 bits per heavy atom. The third-order valence-corrected chi connectivity index (χ3v) is 5.42.